The summed E-state index contributed by atoms with van der Waals surface area (Å²) >= 11 is 0.975. The molecule has 0 spiro atoms. The molecule has 0 aliphatic rings. The lowest BCUT2D eigenvalue weighted by atomic mass is 10.1. The highest BCUT2D eigenvalue weighted by atomic mass is 32.1. The van der Waals surface area contributed by atoms with Crippen LogP contribution in [0.5, 0.6) is 0 Å². The third kappa shape index (κ3) is 3.51. The molecule has 128 valence electrons. The zero-order chi connectivity index (χ0) is 18.2. The van der Waals surface area contributed by atoms with Crippen LogP contribution in [0.1, 0.15) is 21.1 Å². The SMILES string of the molecule is N#Cc1csc(C(=O)c2cn(COP(=O)(O)O)c3c(F)cccc23)n1. The van der Waals surface area contributed by atoms with E-state index in [-0.39, 0.29) is 27.2 Å². The zero-order valence-electron chi connectivity index (χ0n) is 12.3. The van der Waals surface area contributed by atoms with Crippen molar-refractivity contribution in [1.29, 1.82) is 5.26 Å². The van der Waals surface area contributed by atoms with Gasteiger partial charge in [-0.25, -0.2) is 13.9 Å². The molecular formula is C14H9FN3O5PS. The fraction of sp³-hybridized carbons (Fsp3) is 0.0714. The molecule has 2 aromatic heterocycles. The Labute approximate surface area is 144 Å². The van der Waals surface area contributed by atoms with Crippen molar-refractivity contribution in [1.82, 2.24) is 9.55 Å². The molecule has 0 atom stereocenters. The number of ketones is 1. The van der Waals surface area contributed by atoms with Gasteiger partial charge in [-0.1, -0.05) is 12.1 Å². The van der Waals surface area contributed by atoms with E-state index >= 15 is 0 Å². The van der Waals surface area contributed by atoms with Gasteiger partial charge in [0.05, 0.1) is 11.1 Å². The number of nitriles is 1. The first-order chi connectivity index (χ1) is 11.8. The normalized spacial score (nSPS) is 11.6. The monoisotopic (exact) mass is 381 g/mol. The maximum atomic E-state index is 14.2. The number of benzene rings is 1. The average Bonchev–Trinajstić information content (AvgIpc) is 3.17. The van der Waals surface area contributed by atoms with Crippen molar-refractivity contribution in [2.24, 2.45) is 0 Å². The molecule has 25 heavy (non-hydrogen) atoms. The molecule has 0 unspecified atom stereocenters. The zero-order valence-corrected chi connectivity index (χ0v) is 14.0. The topological polar surface area (TPSA) is 125 Å². The van der Waals surface area contributed by atoms with E-state index in [9.17, 15) is 13.8 Å². The van der Waals surface area contributed by atoms with E-state index in [0.29, 0.717) is 0 Å². The molecule has 2 heterocycles. The minimum absolute atomic E-state index is 0.0311. The minimum Gasteiger partial charge on any atom is -0.320 e. The number of phosphoric acid groups is 1. The number of nitrogens with zero attached hydrogens (tertiary/aromatic N) is 3. The lowest BCUT2D eigenvalue weighted by molar-refractivity contribution is 0.103. The highest BCUT2D eigenvalue weighted by Crippen LogP contribution is 2.37. The summed E-state index contributed by atoms with van der Waals surface area (Å²) < 4.78 is 30.5. The van der Waals surface area contributed by atoms with E-state index in [0.717, 1.165) is 22.0 Å². The van der Waals surface area contributed by atoms with Gasteiger partial charge in [-0.3, -0.25) is 9.32 Å². The van der Waals surface area contributed by atoms with E-state index in [1.165, 1.54) is 23.7 Å². The smallest absolute Gasteiger partial charge is 0.320 e. The fourth-order valence-electron chi connectivity index (χ4n) is 2.28. The Kier molecular flexibility index (Phi) is 4.51. The summed E-state index contributed by atoms with van der Waals surface area (Å²) in [5, 5.41) is 10.5. The van der Waals surface area contributed by atoms with Crippen molar-refractivity contribution < 1.29 is 28.1 Å². The molecule has 0 saturated heterocycles. The number of fused-ring (bicyclic) bond motifs is 1. The van der Waals surface area contributed by atoms with Crippen LogP contribution in [0.25, 0.3) is 10.9 Å². The Hall–Kier alpha value is -2.41. The number of phosphoric ester groups is 1. The van der Waals surface area contributed by atoms with Crippen LogP contribution in [-0.2, 0) is 15.8 Å². The van der Waals surface area contributed by atoms with Gasteiger partial charge in [0, 0.05) is 17.0 Å². The molecule has 1 aromatic carbocycles. The molecule has 8 nitrogen and oxygen atoms in total. The number of hydrogen-bond acceptors (Lipinski definition) is 6. The van der Waals surface area contributed by atoms with Gasteiger partial charge < -0.3 is 14.4 Å². The summed E-state index contributed by atoms with van der Waals surface area (Å²) in [6.45, 7) is -0.643. The second-order valence-electron chi connectivity index (χ2n) is 4.88. The standard InChI is InChI=1S/C14H9FN3O5PS/c15-11-3-1-2-9-10(13(19)14-17-8(4-16)6-25-14)5-18(12(9)11)7-23-24(20,21)22/h1-3,5-6H,7H2,(H2,20,21,22). The average molecular weight is 381 g/mol. The van der Waals surface area contributed by atoms with Gasteiger partial charge in [0.25, 0.3) is 0 Å². The van der Waals surface area contributed by atoms with E-state index < -0.39 is 26.2 Å². The van der Waals surface area contributed by atoms with Crippen molar-refractivity contribution in [2.75, 3.05) is 0 Å². The molecule has 0 radical (unpaired) electrons. The first-order valence-corrected chi connectivity index (χ1v) is 9.09. The molecule has 2 N–H and O–H groups in total. The van der Waals surface area contributed by atoms with Gasteiger partial charge >= 0.3 is 7.82 Å². The molecule has 0 fully saturated rings. The summed E-state index contributed by atoms with van der Waals surface area (Å²) in [7, 11) is -4.77. The van der Waals surface area contributed by atoms with Crippen LogP contribution >= 0.6 is 19.2 Å². The summed E-state index contributed by atoms with van der Waals surface area (Å²) in [6, 6.07) is 5.88. The predicted molar refractivity (Wildman–Crippen MR) is 85.3 cm³/mol. The third-order valence-electron chi connectivity index (χ3n) is 3.27. The molecule has 0 bridgehead atoms. The number of hydrogen-bond donors (Lipinski definition) is 2. The highest BCUT2D eigenvalue weighted by Gasteiger charge is 2.22. The summed E-state index contributed by atoms with van der Waals surface area (Å²) in [5.41, 5.74) is 0.145. The van der Waals surface area contributed by atoms with Crippen LogP contribution in [0.2, 0.25) is 0 Å². The van der Waals surface area contributed by atoms with Crippen molar-refractivity contribution in [3.63, 3.8) is 0 Å². The Bertz CT molecular complexity index is 1060. The van der Waals surface area contributed by atoms with E-state index in [2.05, 4.69) is 9.51 Å². The lowest BCUT2D eigenvalue weighted by Gasteiger charge is -2.07. The molecule has 0 aliphatic carbocycles. The van der Waals surface area contributed by atoms with Crippen molar-refractivity contribution in [3.05, 3.63) is 51.9 Å². The molecule has 3 aromatic rings. The van der Waals surface area contributed by atoms with E-state index in [4.69, 9.17) is 15.0 Å². The lowest BCUT2D eigenvalue weighted by Crippen LogP contribution is -2.02. The largest absolute Gasteiger partial charge is 0.471 e. The Morgan fingerprint density at radius 1 is 1.48 bits per heavy atom. The number of rotatable bonds is 5. The van der Waals surface area contributed by atoms with Crippen LogP contribution in [-0.4, -0.2) is 25.1 Å². The van der Waals surface area contributed by atoms with Crippen molar-refractivity contribution in [2.45, 2.75) is 6.73 Å². The number of para-hydroxylation sites is 1. The van der Waals surface area contributed by atoms with Crippen molar-refractivity contribution in [3.8, 4) is 6.07 Å². The summed E-state index contributed by atoms with van der Waals surface area (Å²) in [4.78, 5) is 34.1. The van der Waals surface area contributed by atoms with Crippen LogP contribution in [0.4, 0.5) is 4.39 Å². The third-order valence-corrected chi connectivity index (χ3v) is 4.56. The van der Waals surface area contributed by atoms with Crippen LogP contribution in [0.3, 0.4) is 0 Å². The molecule has 0 saturated carbocycles. The second kappa shape index (κ2) is 6.48. The first kappa shape index (κ1) is 17.4. The number of thiazole rings is 1. The van der Waals surface area contributed by atoms with Crippen LogP contribution < -0.4 is 0 Å². The first-order valence-electron chi connectivity index (χ1n) is 6.68. The maximum absolute atomic E-state index is 14.2. The van der Waals surface area contributed by atoms with Gasteiger partial charge in [-0.15, -0.1) is 11.3 Å². The fourth-order valence-corrected chi connectivity index (χ4v) is 3.25. The van der Waals surface area contributed by atoms with Gasteiger partial charge in [0.1, 0.15) is 18.6 Å². The van der Waals surface area contributed by atoms with Gasteiger partial charge in [-0.05, 0) is 6.07 Å². The summed E-state index contributed by atoms with van der Waals surface area (Å²) in [5.74, 6) is -1.21. The van der Waals surface area contributed by atoms with E-state index in [1.54, 1.807) is 0 Å². The predicted octanol–water partition coefficient (Wildman–Crippen LogP) is 2.41. The van der Waals surface area contributed by atoms with E-state index in [1.807, 2.05) is 6.07 Å². The number of halogens is 1. The highest BCUT2D eigenvalue weighted by molar-refractivity contribution is 7.46. The quantitative estimate of drug-likeness (QED) is 0.513. The maximum Gasteiger partial charge on any atom is 0.471 e. The van der Waals surface area contributed by atoms with Gasteiger partial charge in [0.2, 0.25) is 5.78 Å². The molecular weight excluding hydrogens is 372 g/mol. The summed E-state index contributed by atoms with van der Waals surface area (Å²) in [6.07, 6.45) is 1.24. The number of carbonyl (C=O) groups excluding carboxylic acids is 1. The number of carbonyl (C=O) groups is 1. The molecule has 3 rings (SSSR count). The molecule has 0 aliphatic heterocycles. The number of aromatic nitrogens is 2. The Morgan fingerprint density at radius 2 is 2.24 bits per heavy atom. The van der Waals surface area contributed by atoms with Crippen LogP contribution in [0.15, 0.2) is 29.8 Å². The minimum atomic E-state index is -4.77. The molecule has 0 amide bonds. The van der Waals surface area contributed by atoms with Crippen LogP contribution in [0, 0.1) is 17.1 Å². The Morgan fingerprint density at radius 3 is 2.88 bits per heavy atom. The van der Waals surface area contributed by atoms with Gasteiger partial charge in [0.15, 0.2) is 10.7 Å². The Balaban J connectivity index is 2.09. The van der Waals surface area contributed by atoms with Crippen molar-refractivity contribution >= 4 is 35.8 Å². The van der Waals surface area contributed by atoms with Gasteiger partial charge in [-0.2, -0.15) is 5.26 Å². The molecule has 11 heteroatoms. The second-order valence-corrected chi connectivity index (χ2v) is 6.97.